The van der Waals surface area contributed by atoms with Gasteiger partial charge in [-0.2, -0.15) is 0 Å². The first kappa shape index (κ1) is 25.9. The van der Waals surface area contributed by atoms with Crippen molar-refractivity contribution in [2.45, 2.75) is 13.0 Å². The van der Waals surface area contributed by atoms with Crippen LogP contribution in [0.5, 0.6) is 23.0 Å². The SMILES string of the molecule is COc1cc(/C(O)=C2\C(=O)C(=O)N(c3ccc(C)cc3)C2c2cc(OC)c(OC)c(OC)c2)ccc1Cl. The summed E-state index contributed by atoms with van der Waals surface area (Å²) in [5.41, 5.74) is 2.10. The number of aryl methyl sites for hydroxylation is 1. The van der Waals surface area contributed by atoms with Crippen LogP contribution in [0.2, 0.25) is 5.02 Å². The molecule has 1 fully saturated rings. The highest BCUT2D eigenvalue weighted by atomic mass is 35.5. The minimum Gasteiger partial charge on any atom is -0.507 e. The Kier molecular flexibility index (Phi) is 7.31. The van der Waals surface area contributed by atoms with Gasteiger partial charge < -0.3 is 24.1 Å². The Balaban J connectivity index is 2.02. The van der Waals surface area contributed by atoms with Gasteiger partial charge in [0.15, 0.2) is 11.5 Å². The molecule has 3 aromatic rings. The van der Waals surface area contributed by atoms with Crippen LogP contribution in [-0.4, -0.2) is 45.2 Å². The first-order valence-corrected chi connectivity index (χ1v) is 11.6. The number of anilines is 1. The lowest BCUT2D eigenvalue weighted by atomic mass is 9.94. The molecule has 1 heterocycles. The first-order chi connectivity index (χ1) is 17.7. The van der Waals surface area contributed by atoms with Gasteiger partial charge in [0.25, 0.3) is 11.7 Å². The van der Waals surface area contributed by atoms with Gasteiger partial charge in [-0.05, 0) is 55.0 Å². The molecule has 4 rings (SSSR count). The number of carbonyl (C=O) groups is 2. The summed E-state index contributed by atoms with van der Waals surface area (Å²) >= 11 is 6.16. The van der Waals surface area contributed by atoms with Crippen LogP contribution >= 0.6 is 11.6 Å². The molecular formula is C28H26ClNO7. The molecule has 1 aliphatic heterocycles. The fourth-order valence-electron chi connectivity index (χ4n) is 4.34. The molecule has 0 spiro atoms. The molecule has 1 aliphatic rings. The van der Waals surface area contributed by atoms with Crippen LogP contribution in [0.15, 0.2) is 60.2 Å². The van der Waals surface area contributed by atoms with Crippen molar-refractivity contribution in [2.75, 3.05) is 33.3 Å². The summed E-state index contributed by atoms with van der Waals surface area (Å²) in [7, 11) is 5.86. The van der Waals surface area contributed by atoms with Gasteiger partial charge in [0.1, 0.15) is 11.5 Å². The number of amides is 1. The number of ketones is 1. The summed E-state index contributed by atoms with van der Waals surface area (Å²) in [6.45, 7) is 1.92. The Morgan fingerprint density at radius 2 is 1.43 bits per heavy atom. The fourth-order valence-corrected chi connectivity index (χ4v) is 4.54. The fraction of sp³-hybridized carbons (Fsp3) is 0.214. The topological polar surface area (TPSA) is 94.5 Å². The number of carbonyl (C=O) groups excluding carboxylic acids is 2. The summed E-state index contributed by atoms with van der Waals surface area (Å²) in [6, 6.07) is 14.1. The van der Waals surface area contributed by atoms with Gasteiger partial charge in [-0.25, -0.2) is 0 Å². The average molecular weight is 524 g/mol. The number of benzene rings is 3. The van der Waals surface area contributed by atoms with Crippen molar-refractivity contribution in [3.05, 3.63) is 81.9 Å². The number of halogens is 1. The number of aliphatic hydroxyl groups excluding tert-OH is 1. The molecule has 1 unspecified atom stereocenters. The maximum absolute atomic E-state index is 13.5. The van der Waals surface area contributed by atoms with Crippen LogP contribution in [0.3, 0.4) is 0 Å². The summed E-state index contributed by atoms with van der Waals surface area (Å²) < 4.78 is 21.7. The van der Waals surface area contributed by atoms with E-state index in [0.717, 1.165) is 5.56 Å². The third kappa shape index (κ3) is 4.56. The molecule has 192 valence electrons. The highest BCUT2D eigenvalue weighted by Crippen LogP contribution is 2.47. The minimum atomic E-state index is -1.00. The molecule has 9 heteroatoms. The zero-order valence-electron chi connectivity index (χ0n) is 21.0. The van der Waals surface area contributed by atoms with E-state index in [-0.39, 0.29) is 16.9 Å². The number of ether oxygens (including phenoxy) is 4. The molecular weight excluding hydrogens is 498 g/mol. The van der Waals surface area contributed by atoms with E-state index in [1.165, 1.54) is 39.4 Å². The van der Waals surface area contributed by atoms with Crippen LogP contribution in [0.1, 0.15) is 22.7 Å². The predicted octanol–water partition coefficient (Wildman–Crippen LogP) is 5.31. The second-order valence-corrected chi connectivity index (χ2v) is 8.72. The van der Waals surface area contributed by atoms with E-state index in [4.69, 9.17) is 30.5 Å². The number of Topliss-reactive ketones (excluding diaryl/α,β-unsaturated/α-hetero) is 1. The quantitative estimate of drug-likeness (QED) is 0.255. The summed E-state index contributed by atoms with van der Waals surface area (Å²) in [5, 5.41) is 11.7. The minimum absolute atomic E-state index is 0.107. The number of hydrogen-bond donors (Lipinski definition) is 1. The Morgan fingerprint density at radius 3 is 1.97 bits per heavy atom. The molecule has 1 amide bonds. The highest BCUT2D eigenvalue weighted by Gasteiger charge is 2.47. The first-order valence-electron chi connectivity index (χ1n) is 11.3. The molecule has 8 nitrogen and oxygen atoms in total. The average Bonchev–Trinajstić information content (AvgIpc) is 3.18. The zero-order chi connectivity index (χ0) is 26.9. The van der Waals surface area contributed by atoms with Gasteiger partial charge in [0, 0.05) is 11.3 Å². The molecule has 0 aliphatic carbocycles. The van der Waals surface area contributed by atoms with Crippen LogP contribution in [-0.2, 0) is 9.59 Å². The molecule has 1 saturated heterocycles. The Morgan fingerprint density at radius 1 is 0.838 bits per heavy atom. The smallest absolute Gasteiger partial charge is 0.300 e. The Labute approximate surface area is 219 Å². The summed E-state index contributed by atoms with van der Waals surface area (Å²) in [4.78, 5) is 28.2. The summed E-state index contributed by atoms with van der Waals surface area (Å²) in [6.07, 6.45) is 0. The van der Waals surface area contributed by atoms with Gasteiger partial charge in [0.05, 0.1) is 45.1 Å². The largest absolute Gasteiger partial charge is 0.507 e. The van der Waals surface area contributed by atoms with E-state index in [1.54, 1.807) is 36.4 Å². The normalized spacial score (nSPS) is 16.6. The van der Waals surface area contributed by atoms with E-state index < -0.39 is 17.7 Å². The van der Waals surface area contributed by atoms with Crippen molar-refractivity contribution < 1.29 is 33.6 Å². The molecule has 37 heavy (non-hydrogen) atoms. The van der Waals surface area contributed by atoms with Gasteiger partial charge >= 0.3 is 0 Å². The van der Waals surface area contributed by atoms with Crippen LogP contribution < -0.4 is 23.8 Å². The lowest BCUT2D eigenvalue weighted by Crippen LogP contribution is -2.29. The number of aliphatic hydroxyl groups is 1. The monoisotopic (exact) mass is 523 g/mol. The standard InChI is InChI=1S/C28H26ClNO7/c1-15-6-9-18(10-7-15)30-24(17-13-21(35-3)27(37-5)22(14-17)36-4)23(26(32)28(30)33)25(31)16-8-11-19(29)20(12-16)34-2/h6-14,24,31H,1-5H3/b25-23+. The molecule has 0 saturated carbocycles. The van der Waals surface area contributed by atoms with Crippen molar-refractivity contribution in [2.24, 2.45) is 0 Å². The third-order valence-electron chi connectivity index (χ3n) is 6.18. The van der Waals surface area contributed by atoms with Gasteiger partial charge in [0.2, 0.25) is 5.75 Å². The Bertz CT molecular complexity index is 1370. The molecule has 0 bridgehead atoms. The van der Waals surface area contributed by atoms with Gasteiger partial charge in [-0.15, -0.1) is 0 Å². The van der Waals surface area contributed by atoms with Crippen molar-refractivity contribution in [1.82, 2.24) is 0 Å². The van der Waals surface area contributed by atoms with Crippen LogP contribution in [0.25, 0.3) is 5.76 Å². The van der Waals surface area contributed by atoms with E-state index in [2.05, 4.69) is 0 Å². The third-order valence-corrected chi connectivity index (χ3v) is 6.50. The number of hydrogen-bond acceptors (Lipinski definition) is 7. The number of rotatable bonds is 7. The molecule has 0 radical (unpaired) electrons. The molecule has 0 aromatic heterocycles. The lowest BCUT2D eigenvalue weighted by Gasteiger charge is -2.26. The second kappa shape index (κ2) is 10.4. The van der Waals surface area contributed by atoms with E-state index in [0.29, 0.717) is 39.3 Å². The van der Waals surface area contributed by atoms with Crippen molar-refractivity contribution >= 4 is 34.7 Å². The molecule has 1 atom stereocenters. The maximum Gasteiger partial charge on any atom is 0.300 e. The van der Waals surface area contributed by atoms with Gasteiger partial charge in [-0.3, -0.25) is 14.5 Å². The highest BCUT2D eigenvalue weighted by molar-refractivity contribution is 6.51. The summed E-state index contributed by atoms with van der Waals surface area (Å²) in [5.74, 6) is -0.678. The van der Waals surface area contributed by atoms with Crippen LogP contribution in [0.4, 0.5) is 5.69 Å². The van der Waals surface area contributed by atoms with Crippen molar-refractivity contribution in [1.29, 1.82) is 0 Å². The number of nitrogens with zero attached hydrogens (tertiary/aromatic N) is 1. The number of methoxy groups -OCH3 is 4. The van der Waals surface area contributed by atoms with E-state index in [9.17, 15) is 14.7 Å². The van der Waals surface area contributed by atoms with Gasteiger partial charge in [-0.1, -0.05) is 29.3 Å². The second-order valence-electron chi connectivity index (χ2n) is 8.31. The van der Waals surface area contributed by atoms with Crippen LogP contribution in [0, 0.1) is 6.92 Å². The van der Waals surface area contributed by atoms with Crippen molar-refractivity contribution in [3.8, 4) is 23.0 Å². The molecule has 3 aromatic carbocycles. The van der Waals surface area contributed by atoms with E-state index >= 15 is 0 Å². The van der Waals surface area contributed by atoms with Crippen molar-refractivity contribution in [3.63, 3.8) is 0 Å². The maximum atomic E-state index is 13.5. The van der Waals surface area contributed by atoms with E-state index in [1.807, 2.05) is 19.1 Å². The Hall–Kier alpha value is -4.17. The predicted molar refractivity (Wildman–Crippen MR) is 140 cm³/mol. The lowest BCUT2D eigenvalue weighted by molar-refractivity contribution is -0.132. The molecule has 1 N–H and O–H groups in total. The zero-order valence-corrected chi connectivity index (χ0v) is 21.8.